The van der Waals surface area contributed by atoms with Crippen molar-refractivity contribution in [3.05, 3.63) is 62.6 Å². The van der Waals surface area contributed by atoms with E-state index in [-0.39, 0.29) is 5.56 Å². The van der Waals surface area contributed by atoms with Crippen LogP contribution in [-0.4, -0.2) is 17.3 Å². The molecule has 20 heavy (non-hydrogen) atoms. The number of nitrogens with zero attached hydrogens (tertiary/aromatic N) is 1. The zero-order chi connectivity index (χ0) is 14.7. The van der Waals surface area contributed by atoms with E-state index in [2.05, 4.69) is 4.99 Å². The van der Waals surface area contributed by atoms with Crippen molar-refractivity contribution in [2.24, 2.45) is 4.99 Å². The first-order chi connectivity index (χ1) is 9.49. The van der Waals surface area contributed by atoms with Crippen LogP contribution in [0.4, 0.5) is 5.69 Å². The van der Waals surface area contributed by atoms with Crippen LogP contribution in [0.5, 0.6) is 0 Å². The predicted octanol–water partition coefficient (Wildman–Crippen LogP) is 5.10. The number of hydrogen-bond donors (Lipinski definition) is 1. The third kappa shape index (κ3) is 3.31. The Bertz CT molecular complexity index is 676. The van der Waals surface area contributed by atoms with Gasteiger partial charge in [0.1, 0.15) is 0 Å². The Morgan fingerprint density at radius 3 is 2.30 bits per heavy atom. The molecule has 0 unspecified atom stereocenters. The number of aromatic carboxylic acids is 1. The summed E-state index contributed by atoms with van der Waals surface area (Å²) < 4.78 is 0. The van der Waals surface area contributed by atoms with Gasteiger partial charge in [-0.1, -0.05) is 46.9 Å². The van der Waals surface area contributed by atoms with Crippen LogP contribution in [0.2, 0.25) is 15.1 Å². The Hall–Kier alpha value is -1.55. The molecule has 102 valence electrons. The van der Waals surface area contributed by atoms with Crippen molar-refractivity contribution in [1.29, 1.82) is 0 Å². The van der Waals surface area contributed by atoms with Crippen molar-refractivity contribution in [3.63, 3.8) is 0 Å². The van der Waals surface area contributed by atoms with Crippen molar-refractivity contribution >= 4 is 52.7 Å². The summed E-state index contributed by atoms with van der Waals surface area (Å²) in [6, 6.07) is 9.48. The monoisotopic (exact) mass is 327 g/mol. The van der Waals surface area contributed by atoms with Crippen molar-refractivity contribution in [3.8, 4) is 0 Å². The molecule has 0 radical (unpaired) electrons. The van der Waals surface area contributed by atoms with E-state index in [1.165, 1.54) is 12.3 Å². The van der Waals surface area contributed by atoms with Crippen molar-refractivity contribution in [2.75, 3.05) is 0 Å². The first kappa shape index (κ1) is 14.9. The Labute approximate surface area is 130 Å². The quantitative estimate of drug-likeness (QED) is 0.797. The van der Waals surface area contributed by atoms with Gasteiger partial charge in [0, 0.05) is 16.8 Å². The Morgan fingerprint density at radius 2 is 1.70 bits per heavy atom. The highest BCUT2D eigenvalue weighted by molar-refractivity contribution is 6.41. The van der Waals surface area contributed by atoms with Gasteiger partial charge in [-0.2, -0.15) is 0 Å². The first-order valence-corrected chi connectivity index (χ1v) is 6.63. The highest BCUT2D eigenvalue weighted by atomic mass is 35.5. The fourth-order valence-electron chi connectivity index (χ4n) is 1.58. The molecule has 6 heteroatoms. The summed E-state index contributed by atoms with van der Waals surface area (Å²) in [7, 11) is 0. The molecule has 2 aromatic rings. The Kier molecular flexibility index (Phi) is 4.65. The normalized spacial score (nSPS) is 10.9. The average Bonchev–Trinajstić information content (AvgIpc) is 2.37. The average molecular weight is 329 g/mol. The number of para-hydroxylation sites is 1. The summed E-state index contributed by atoms with van der Waals surface area (Å²) >= 11 is 17.9. The fourth-order valence-corrected chi connectivity index (χ4v) is 2.49. The summed E-state index contributed by atoms with van der Waals surface area (Å²) in [6.07, 6.45) is 1.42. The maximum atomic E-state index is 11.1. The van der Waals surface area contributed by atoms with Crippen LogP contribution >= 0.6 is 34.8 Å². The van der Waals surface area contributed by atoms with Crippen LogP contribution in [0.25, 0.3) is 0 Å². The van der Waals surface area contributed by atoms with Crippen LogP contribution in [0.1, 0.15) is 15.9 Å². The van der Waals surface area contributed by atoms with E-state index >= 15 is 0 Å². The smallest absolute Gasteiger partial charge is 0.337 e. The van der Waals surface area contributed by atoms with E-state index in [1.807, 2.05) is 0 Å². The zero-order valence-corrected chi connectivity index (χ0v) is 12.2. The van der Waals surface area contributed by atoms with E-state index in [4.69, 9.17) is 39.9 Å². The second kappa shape index (κ2) is 6.27. The molecule has 0 fully saturated rings. The molecule has 2 rings (SSSR count). The lowest BCUT2D eigenvalue weighted by molar-refractivity contribution is 0.0698. The van der Waals surface area contributed by atoms with E-state index in [0.717, 1.165) is 0 Å². The van der Waals surface area contributed by atoms with Crippen LogP contribution in [0.15, 0.2) is 41.4 Å². The van der Waals surface area contributed by atoms with Gasteiger partial charge in [0.2, 0.25) is 0 Å². The molecule has 0 saturated heterocycles. The van der Waals surface area contributed by atoms with E-state index in [1.54, 1.807) is 30.3 Å². The van der Waals surface area contributed by atoms with Crippen molar-refractivity contribution < 1.29 is 9.90 Å². The molecular weight excluding hydrogens is 321 g/mol. The standard InChI is InChI=1S/C14H8Cl3NO2/c15-8-5-11(16)10(12(17)6-8)7-18-13-4-2-1-3-9(13)14(19)20/h1-7H,(H,19,20). The SMILES string of the molecule is O=C(O)c1ccccc1N=Cc1c(Cl)cc(Cl)cc1Cl. The van der Waals surface area contributed by atoms with Gasteiger partial charge < -0.3 is 5.11 Å². The number of carboxylic acid groups (broad SMARTS) is 1. The second-order valence-electron chi connectivity index (χ2n) is 3.86. The van der Waals surface area contributed by atoms with Crippen LogP contribution in [0.3, 0.4) is 0 Å². The molecule has 1 N–H and O–H groups in total. The minimum Gasteiger partial charge on any atom is -0.478 e. The summed E-state index contributed by atoms with van der Waals surface area (Å²) in [5.41, 5.74) is 0.907. The Balaban J connectivity index is 2.43. The molecule has 2 aromatic carbocycles. The van der Waals surface area contributed by atoms with Gasteiger partial charge in [-0.3, -0.25) is 4.99 Å². The number of carbonyl (C=O) groups is 1. The summed E-state index contributed by atoms with van der Waals surface area (Å²) in [5.74, 6) is -1.05. The lowest BCUT2D eigenvalue weighted by Crippen LogP contribution is -1.96. The summed E-state index contributed by atoms with van der Waals surface area (Å²) in [4.78, 5) is 15.2. The number of hydrogen-bond acceptors (Lipinski definition) is 2. The third-order valence-corrected chi connectivity index (χ3v) is 3.35. The highest BCUT2D eigenvalue weighted by Crippen LogP contribution is 2.28. The van der Waals surface area contributed by atoms with Gasteiger partial charge in [0.25, 0.3) is 0 Å². The highest BCUT2D eigenvalue weighted by Gasteiger charge is 2.09. The number of carboxylic acids is 1. The lowest BCUT2D eigenvalue weighted by Gasteiger charge is -2.03. The van der Waals surface area contributed by atoms with Crippen molar-refractivity contribution in [2.45, 2.75) is 0 Å². The van der Waals surface area contributed by atoms with Gasteiger partial charge in [0.15, 0.2) is 0 Å². The van der Waals surface area contributed by atoms with Crippen molar-refractivity contribution in [1.82, 2.24) is 0 Å². The Morgan fingerprint density at radius 1 is 1.10 bits per heavy atom. The topological polar surface area (TPSA) is 49.7 Å². The molecule has 0 aliphatic carbocycles. The molecule has 0 spiro atoms. The van der Waals surface area contributed by atoms with Gasteiger partial charge in [-0.15, -0.1) is 0 Å². The molecule has 0 amide bonds. The van der Waals surface area contributed by atoms with E-state index in [9.17, 15) is 4.79 Å². The minimum atomic E-state index is -1.05. The number of benzene rings is 2. The molecule has 0 aliphatic heterocycles. The molecule has 0 atom stereocenters. The fraction of sp³-hybridized carbons (Fsp3) is 0. The molecule has 0 saturated carbocycles. The molecule has 0 heterocycles. The zero-order valence-electron chi connectivity index (χ0n) is 9.98. The lowest BCUT2D eigenvalue weighted by atomic mass is 10.2. The van der Waals surface area contributed by atoms with Crippen LogP contribution in [-0.2, 0) is 0 Å². The van der Waals surface area contributed by atoms with Gasteiger partial charge in [0.05, 0.1) is 21.3 Å². The van der Waals surface area contributed by atoms with E-state index < -0.39 is 5.97 Å². The maximum absolute atomic E-state index is 11.1. The summed E-state index contributed by atoms with van der Waals surface area (Å²) in [5, 5.41) is 10.2. The molecule has 3 nitrogen and oxygen atoms in total. The van der Waals surface area contributed by atoms with E-state index in [0.29, 0.717) is 26.3 Å². The number of halogens is 3. The van der Waals surface area contributed by atoms with Gasteiger partial charge >= 0.3 is 5.97 Å². The van der Waals surface area contributed by atoms with Gasteiger partial charge in [-0.25, -0.2) is 4.79 Å². The molecule has 0 bridgehead atoms. The third-order valence-electron chi connectivity index (χ3n) is 2.51. The van der Waals surface area contributed by atoms with Crippen LogP contribution in [0, 0.1) is 0 Å². The number of rotatable bonds is 3. The largest absolute Gasteiger partial charge is 0.478 e. The maximum Gasteiger partial charge on any atom is 0.337 e. The van der Waals surface area contributed by atoms with Gasteiger partial charge in [-0.05, 0) is 24.3 Å². The molecular formula is C14H8Cl3NO2. The van der Waals surface area contributed by atoms with Crippen LogP contribution < -0.4 is 0 Å². The minimum absolute atomic E-state index is 0.102. The second-order valence-corrected chi connectivity index (χ2v) is 5.11. The summed E-state index contributed by atoms with van der Waals surface area (Å²) in [6.45, 7) is 0. The number of aliphatic imine (C=N–C) groups is 1. The predicted molar refractivity (Wildman–Crippen MR) is 82.1 cm³/mol. The first-order valence-electron chi connectivity index (χ1n) is 5.50. The molecule has 0 aromatic heterocycles. The molecule has 0 aliphatic rings.